The summed E-state index contributed by atoms with van der Waals surface area (Å²) in [7, 11) is 0.883. The Morgan fingerprint density at radius 2 is 1.73 bits per heavy atom. The van der Waals surface area contributed by atoms with Gasteiger partial charge in [0, 0.05) is 6.61 Å². The molecule has 2 heteroatoms. The predicted molar refractivity (Wildman–Crippen MR) is 53.7 cm³/mol. The molecule has 68 valence electrons. The van der Waals surface area contributed by atoms with Gasteiger partial charge < -0.3 is 4.43 Å². The zero-order valence-electron chi connectivity index (χ0n) is 8.55. The first kappa shape index (κ1) is 11.2. The first-order valence-electron chi connectivity index (χ1n) is 4.56. The van der Waals surface area contributed by atoms with Crippen molar-refractivity contribution < 1.29 is 4.43 Å². The molecule has 0 aliphatic heterocycles. The fourth-order valence-electron chi connectivity index (χ4n) is 1.35. The quantitative estimate of drug-likeness (QED) is 0.575. The number of rotatable bonds is 5. The van der Waals surface area contributed by atoms with Gasteiger partial charge in [-0.1, -0.05) is 27.7 Å². The van der Waals surface area contributed by atoms with E-state index in [1.165, 1.54) is 6.42 Å². The molecule has 0 radical (unpaired) electrons. The second-order valence-electron chi connectivity index (χ2n) is 4.09. The lowest BCUT2D eigenvalue weighted by Gasteiger charge is -2.21. The molecule has 0 aromatic heterocycles. The lowest BCUT2D eigenvalue weighted by Crippen LogP contribution is -2.17. The van der Waals surface area contributed by atoms with Crippen LogP contribution >= 0.6 is 0 Å². The minimum Gasteiger partial charge on any atom is -0.428 e. The molecule has 0 spiro atoms. The van der Waals surface area contributed by atoms with E-state index in [4.69, 9.17) is 4.43 Å². The SMILES string of the molecule is CC(C)CC(CO[SiH3])C(C)C. The van der Waals surface area contributed by atoms with Gasteiger partial charge in [0.1, 0.15) is 10.5 Å². The van der Waals surface area contributed by atoms with Gasteiger partial charge in [0.2, 0.25) is 0 Å². The van der Waals surface area contributed by atoms with Crippen molar-refractivity contribution in [3.63, 3.8) is 0 Å². The van der Waals surface area contributed by atoms with Gasteiger partial charge in [-0.2, -0.15) is 0 Å². The first-order valence-corrected chi connectivity index (χ1v) is 5.38. The molecule has 0 heterocycles. The predicted octanol–water partition coefficient (Wildman–Crippen LogP) is 1.60. The van der Waals surface area contributed by atoms with Crippen molar-refractivity contribution in [3.05, 3.63) is 0 Å². The summed E-state index contributed by atoms with van der Waals surface area (Å²) in [5.41, 5.74) is 0. The number of hydrogen-bond acceptors (Lipinski definition) is 1. The lowest BCUT2D eigenvalue weighted by atomic mass is 9.88. The van der Waals surface area contributed by atoms with Gasteiger partial charge in [0.15, 0.2) is 0 Å². The topological polar surface area (TPSA) is 9.23 Å². The van der Waals surface area contributed by atoms with Gasteiger partial charge in [-0.3, -0.25) is 0 Å². The molecule has 0 aliphatic rings. The van der Waals surface area contributed by atoms with Crippen LogP contribution in [0.3, 0.4) is 0 Å². The van der Waals surface area contributed by atoms with Gasteiger partial charge in [0.25, 0.3) is 0 Å². The fourth-order valence-corrected chi connectivity index (χ4v) is 1.78. The second kappa shape index (κ2) is 5.78. The Labute approximate surface area is 74.1 Å². The van der Waals surface area contributed by atoms with E-state index in [9.17, 15) is 0 Å². The van der Waals surface area contributed by atoms with Crippen molar-refractivity contribution in [1.82, 2.24) is 0 Å². The van der Waals surface area contributed by atoms with E-state index in [-0.39, 0.29) is 0 Å². The Morgan fingerprint density at radius 3 is 2.00 bits per heavy atom. The zero-order valence-corrected chi connectivity index (χ0v) is 10.6. The van der Waals surface area contributed by atoms with Crippen molar-refractivity contribution in [1.29, 1.82) is 0 Å². The summed E-state index contributed by atoms with van der Waals surface area (Å²) in [6, 6.07) is 0. The van der Waals surface area contributed by atoms with Crippen LogP contribution in [0.25, 0.3) is 0 Å². The van der Waals surface area contributed by atoms with Gasteiger partial charge in [-0.05, 0) is 24.2 Å². The fraction of sp³-hybridized carbons (Fsp3) is 1.00. The van der Waals surface area contributed by atoms with Crippen molar-refractivity contribution in [2.75, 3.05) is 6.61 Å². The maximum Gasteiger partial charge on any atom is 0.145 e. The third kappa shape index (κ3) is 5.45. The molecule has 0 rings (SSSR count). The monoisotopic (exact) mass is 174 g/mol. The molecular formula is C9H22OSi. The molecule has 1 nitrogen and oxygen atoms in total. The van der Waals surface area contributed by atoms with Crippen molar-refractivity contribution in [2.45, 2.75) is 34.1 Å². The maximum absolute atomic E-state index is 5.31. The number of hydrogen-bond donors (Lipinski definition) is 0. The van der Waals surface area contributed by atoms with Gasteiger partial charge in [-0.25, -0.2) is 0 Å². The maximum atomic E-state index is 5.31. The van der Waals surface area contributed by atoms with Crippen LogP contribution in [-0.2, 0) is 4.43 Å². The standard InChI is InChI=1S/C9H22OSi/c1-7(2)5-9(6-10-11)8(3)4/h7-9H,5-6H2,1-4,11H3. The first-order chi connectivity index (χ1) is 5.07. The molecule has 0 bridgehead atoms. The molecule has 0 amide bonds. The highest BCUT2D eigenvalue weighted by Gasteiger charge is 2.13. The Hall–Kier alpha value is 0.177. The largest absolute Gasteiger partial charge is 0.428 e. The summed E-state index contributed by atoms with van der Waals surface area (Å²) in [6.45, 7) is 10.1. The summed E-state index contributed by atoms with van der Waals surface area (Å²) < 4.78 is 5.31. The van der Waals surface area contributed by atoms with Crippen molar-refractivity contribution >= 4 is 10.5 Å². The van der Waals surface area contributed by atoms with E-state index in [1.54, 1.807) is 0 Å². The Balaban J connectivity index is 3.69. The summed E-state index contributed by atoms with van der Waals surface area (Å²) in [6.07, 6.45) is 1.31. The molecule has 0 aromatic carbocycles. The molecule has 0 saturated carbocycles. The molecule has 0 fully saturated rings. The summed E-state index contributed by atoms with van der Waals surface area (Å²) in [5, 5.41) is 0. The third-order valence-corrected chi connectivity index (χ3v) is 2.43. The molecule has 1 atom stereocenters. The van der Waals surface area contributed by atoms with Crippen LogP contribution < -0.4 is 0 Å². The lowest BCUT2D eigenvalue weighted by molar-refractivity contribution is 0.197. The van der Waals surface area contributed by atoms with Crippen LogP contribution in [0.5, 0.6) is 0 Å². The van der Waals surface area contributed by atoms with Crippen LogP contribution in [-0.4, -0.2) is 17.1 Å². The molecule has 0 aliphatic carbocycles. The Bertz CT molecular complexity index is 91.6. The summed E-state index contributed by atoms with van der Waals surface area (Å²) in [4.78, 5) is 0. The van der Waals surface area contributed by atoms with Crippen LogP contribution in [0.1, 0.15) is 34.1 Å². The third-order valence-electron chi connectivity index (χ3n) is 2.10. The highest BCUT2D eigenvalue weighted by molar-refractivity contribution is 5.97. The van der Waals surface area contributed by atoms with Gasteiger partial charge in [-0.15, -0.1) is 0 Å². The van der Waals surface area contributed by atoms with E-state index >= 15 is 0 Å². The van der Waals surface area contributed by atoms with E-state index in [1.807, 2.05) is 0 Å². The molecule has 0 N–H and O–H groups in total. The van der Waals surface area contributed by atoms with Crippen LogP contribution in [0.15, 0.2) is 0 Å². The zero-order chi connectivity index (χ0) is 8.85. The summed E-state index contributed by atoms with van der Waals surface area (Å²) >= 11 is 0. The smallest absolute Gasteiger partial charge is 0.145 e. The normalized spacial score (nSPS) is 14.7. The molecule has 0 saturated heterocycles. The van der Waals surface area contributed by atoms with E-state index < -0.39 is 0 Å². The van der Waals surface area contributed by atoms with E-state index in [0.29, 0.717) is 0 Å². The average molecular weight is 174 g/mol. The molecule has 11 heavy (non-hydrogen) atoms. The highest BCUT2D eigenvalue weighted by atomic mass is 28.2. The molecule has 0 aromatic rings. The minimum atomic E-state index is 0.770. The Morgan fingerprint density at radius 1 is 1.18 bits per heavy atom. The van der Waals surface area contributed by atoms with E-state index in [2.05, 4.69) is 27.7 Å². The van der Waals surface area contributed by atoms with Crippen molar-refractivity contribution in [3.8, 4) is 0 Å². The van der Waals surface area contributed by atoms with Gasteiger partial charge >= 0.3 is 0 Å². The molecule has 1 unspecified atom stereocenters. The van der Waals surface area contributed by atoms with Crippen LogP contribution in [0.2, 0.25) is 0 Å². The molecular weight excluding hydrogens is 152 g/mol. The van der Waals surface area contributed by atoms with E-state index in [0.717, 1.165) is 34.8 Å². The van der Waals surface area contributed by atoms with Crippen LogP contribution in [0, 0.1) is 17.8 Å². The van der Waals surface area contributed by atoms with Crippen LogP contribution in [0.4, 0.5) is 0 Å². The highest BCUT2D eigenvalue weighted by Crippen LogP contribution is 2.19. The minimum absolute atomic E-state index is 0.770. The van der Waals surface area contributed by atoms with Crippen molar-refractivity contribution in [2.24, 2.45) is 17.8 Å². The second-order valence-corrected chi connectivity index (χ2v) is 4.67. The summed E-state index contributed by atoms with van der Waals surface area (Å²) in [5.74, 6) is 2.35. The van der Waals surface area contributed by atoms with Gasteiger partial charge in [0.05, 0.1) is 0 Å². The Kier molecular flexibility index (Phi) is 5.87. The average Bonchev–Trinajstić information content (AvgIpc) is 1.86.